The molecule has 0 heterocycles. The van der Waals surface area contributed by atoms with E-state index in [-0.39, 0.29) is 12.7 Å². The maximum Gasteiger partial charge on any atom is 0.342 e. The first-order valence-electron chi connectivity index (χ1n) is 3.40. The van der Waals surface area contributed by atoms with Gasteiger partial charge < -0.3 is 4.74 Å². The van der Waals surface area contributed by atoms with E-state index in [1.807, 2.05) is 0 Å². The summed E-state index contributed by atoms with van der Waals surface area (Å²) >= 11 is 3.18. The Morgan fingerprint density at radius 3 is 2.50 bits per heavy atom. The number of halogens is 4. The molecule has 1 rings (SSSR count). The number of esters is 1. The molecule has 0 radical (unpaired) electrons. The molecule has 1 aromatic rings. The van der Waals surface area contributed by atoms with Crippen LogP contribution in [0.1, 0.15) is 10.4 Å². The van der Waals surface area contributed by atoms with Gasteiger partial charge in [-0.15, -0.1) is 0 Å². The summed E-state index contributed by atoms with van der Waals surface area (Å²) in [5.41, 5.74) is -0.350. The predicted molar refractivity (Wildman–Crippen MR) is 63.1 cm³/mol. The largest absolute Gasteiger partial charge is 0.465 e. The number of hydrogen-bond acceptors (Lipinski definition) is 2. The Morgan fingerprint density at radius 1 is 1.43 bits per heavy atom. The van der Waals surface area contributed by atoms with Crippen molar-refractivity contribution in [1.82, 2.24) is 0 Å². The normalized spacial score (nSPS) is 10.1. The van der Waals surface area contributed by atoms with E-state index in [9.17, 15) is 13.6 Å². The van der Waals surface area contributed by atoms with Crippen molar-refractivity contribution in [2.45, 2.75) is 0 Å². The number of benzene rings is 1. The summed E-state index contributed by atoms with van der Waals surface area (Å²) in [4.78, 5) is 11.1. The van der Waals surface area contributed by atoms with E-state index in [1.54, 1.807) is 45.2 Å². The summed E-state index contributed by atoms with van der Waals surface area (Å²) < 4.78 is 30.9. The summed E-state index contributed by atoms with van der Waals surface area (Å²) in [6, 6.07) is 1.03. The van der Waals surface area contributed by atoms with Crippen molar-refractivity contribution in [1.29, 1.82) is 0 Å². The van der Waals surface area contributed by atoms with Gasteiger partial charge in [-0.2, -0.15) is 0 Å². The van der Waals surface area contributed by atoms with Crippen LogP contribution in [0.3, 0.4) is 0 Å². The summed E-state index contributed by atoms with van der Waals surface area (Å²) in [6.45, 7) is 0. The van der Waals surface area contributed by atoms with Gasteiger partial charge in [0.1, 0.15) is 11.4 Å². The monoisotopic (exact) mass is 424 g/mol. The molecule has 0 aliphatic carbocycles. The Balaban J connectivity index is 3.47. The third-order valence-electron chi connectivity index (χ3n) is 1.50. The molecule has 0 atom stereocenters. The second-order valence-corrected chi connectivity index (χ2v) is 4.58. The number of methoxy groups -OCH3 is 1. The van der Waals surface area contributed by atoms with E-state index in [0.717, 1.165) is 13.2 Å². The lowest BCUT2D eigenvalue weighted by Crippen LogP contribution is -2.10. The second kappa shape index (κ2) is 4.69. The number of rotatable bonds is 1. The van der Waals surface area contributed by atoms with Crippen LogP contribution in [-0.4, -0.2) is 13.1 Å². The average Bonchev–Trinajstić information content (AvgIpc) is 2.15. The minimum Gasteiger partial charge on any atom is -0.465 e. The Bertz CT molecular complexity index is 367. The first kappa shape index (κ1) is 12.1. The van der Waals surface area contributed by atoms with Crippen LogP contribution in [-0.2, 0) is 4.74 Å². The van der Waals surface area contributed by atoms with Crippen molar-refractivity contribution in [3.05, 3.63) is 30.4 Å². The van der Waals surface area contributed by atoms with Gasteiger partial charge in [-0.1, -0.05) is 0 Å². The molecule has 76 valence electrons. The molecule has 0 amide bonds. The summed E-state index contributed by atoms with van der Waals surface area (Å²) in [7, 11) is 1.12. The van der Waals surface area contributed by atoms with Crippen molar-refractivity contribution in [3.63, 3.8) is 0 Å². The fourth-order valence-electron chi connectivity index (χ4n) is 0.854. The van der Waals surface area contributed by atoms with Crippen molar-refractivity contribution < 1.29 is 18.3 Å². The quantitative estimate of drug-likeness (QED) is 0.394. The van der Waals surface area contributed by atoms with Gasteiger partial charge in [-0.05, 0) is 51.2 Å². The zero-order chi connectivity index (χ0) is 10.9. The van der Waals surface area contributed by atoms with E-state index in [0.29, 0.717) is 0 Å². The highest BCUT2D eigenvalue weighted by Crippen LogP contribution is 2.24. The number of hydrogen-bond donors (Lipinski definition) is 0. The summed E-state index contributed by atoms with van der Waals surface area (Å²) in [5.74, 6) is -2.25. The molecular formula is C8H4F2I2O2. The van der Waals surface area contributed by atoms with Crippen LogP contribution in [0.25, 0.3) is 0 Å². The molecular weight excluding hydrogens is 420 g/mol. The van der Waals surface area contributed by atoms with Gasteiger partial charge in [0.25, 0.3) is 0 Å². The van der Waals surface area contributed by atoms with Gasteiger partial charge >= 0.3 is 5.97 Å². The number of ether oxygens (including phenoxy) is 1. The minimum atomic E-state index is -0.871. The second-order valence-electron chi connectivity index (χ2n) is 2.33. The van der Waals surface area contributed by atoms with Crippen LogP contribution >= 0.6 is 45.2 Å². The molecule has 0 aliphatic rings. The molecule has 0 bridgehead atoms. The van der Waals surface area contributed by atoms with Crippen molar-refractivity contribution in [2.24, 2.45) is 0 Å². The molecule has 0 saturated heterocycles. The van der Waals surface area contributed by atoms with Crippen molar-refractivity contribution >= 4 is 51.2 Å². The predicted octanol–water partition coefficient (Wildman–Crippen LogP) is 2.96. The molecule has 0 aromatic heterocycles. The molecule has 2 nitrogen and oxygen atoms in total. The average molecular weight is 424 g/mol. The molecule has 1 aromatic carbocycles. The first-order chi connectivity index (χ1) is 6.49. The van der Waals surface area contributed by atoms with Gasteiger partial charge in [-0.25, -0.2) is 13.6 Å². The highest BCUT2D eigenvalue weighted by Gasteiger charge is 2.22. The fourth-order valence-corrected chi connectivity index (χ4v) is 2.01. The molecule has 0 unspecified atom stereocenters. The van der Waals surface area contributed by atoms with Gasteiger partial charge in [0.2, 0.25) is 0 Å². The third-order valence-corrected chi connectivity index (χ3v) is 3.34. The molecule has 0 aliphatic heterocycles. The topological polar surface area (TPSA) is 26.3 Å². The summed E-state index contributed by atoms with van der Waals surface area (Å²) in [5, 5.41) is 0. The zero-order valence-electron chi connectivity index (χ0n) is 6.91. The fraction of sp³-hybridized carbons (Fsp3) is 0.125. The van der Waals surface area contributed by atoms with Crippen LogP contribution in [0.2, 0.25) is 0 Å². The highest BCUT2D eigenvalue weighted by molar-refractivity contribution is 14.1. The van der Waals surface area contributed by atoms with Gasteiger partial charge in [0.05, 0.1) is 14.3 Å². The van der Waals surface area contributed by atoms with E-state index in [2.05, 4.69) is 4.74 Å². The Labute approximate surface area is 106 Å². The van der Waals surface area contributed by atoms with Crippen LogP contribution in [0.5, 0.6) is 0 Å². The van der Waals surface area contributed by atoms with Gasteiger partial charge in [-0.3, -0.25) is 0 Å². The van der Waals surface area contributed by atoms with Gasteiger partial charge in [0.15, 0.2) is 5.82 Å². The Kier molecular flexibility index (Phi) is 4.04. The molecule has 6 heteroatoms. The standard InChI is InChI=1S/C8H4F2I2O2/c1-14-8(13)5-6(10)4(11)2-3(9)7(5)12/h2H,1H3. The Morgan fingerprint density at radius 2 is 2.00 bits per heavy atom. The highest BCUT2D eigenvalue weighted by atomic mass is 127. The molecule has 0 N–H and O–H groups in total. The van der Waals surface area contributed by atoms with Crippen molar-refractivity contribution in [3.8, 4) is 0 Å². The van der Waals surface area contributed by atoms with Crippen LogP contribution in [0, 0.1) is 18.8 Å². The van der Waals surface area contributed by atoms with E-state index >= 15 is 0 Å². The van der Waals surface area contributed by atoms with E-state index in [1.165, 1.54) is 0 Å². The van der Waals surface area contributed by atoms with Gasteiger partial charge in [0, 0.05) is 0 Å². The van der Waals surface area contributed by atoms with Crippen LogP contribution < -0.4 is 0 Å². The third kappa shape index (κ3) is 2.15. The molecule has 0 fully saturated rings. The van der Waals surface area contributed by atoms with Crippen LogP contribution in [0.15, 0.2) is 6.07 Å². The molecule has 14 heavy (non-hydrogen) atoms. The zero-order valence-corrected chi connectivity index (χ0v) is 11.2. The van der Waals surface area contributed by atoms with Crippen LogP contribution in [0.4, 0.5) is 8.78 Å². The number of carbonyl (C=O) groups excluding carboxylic acids is 1. The minimum absolute atomic E-state index is 0.0564. The smallest absolute Gasteiger partial charge is 0.342 e. The lowest BCUT2D eigenvalue weighted by Gasteiger charge is -2.06. The maximum absolute atomic E-state index is 13.4. The lowest BCUT2D eigenvalue weighted by atomic mass is 10.2. The van der Waals surface area contributed by atoms with E-state index in [4.69, 9.17) is 0 Å². The maximum atomic E-state index is 13.4. The number of carbonyl (C=O) groups is 1. The molecule has 0 saturated carbocycles. The lowest BCUT2D eigenvalue weighted by molar-refractivity contribution is 0.0593. The van der Waals surface area contributed by atoms with Crippen molar-refractivity contribution in [2.75, 3.05) is 7.11 Å². The van der Waals surface area contributed by atoms with E-state index < -0.39 is 17.6 Å². The summed E-state index contributed by atoms with van der Waals surface area (Å²) in [6.07, 6.45) is 0. The Hall–Kier alpha value is 0.01000. The SMILES string of the molecule is COC(=O)c1c(F)c(I)cc(F)c1I. The molecule has 0 spiro atoms. The first-order valence-corrected chi connectivity index (χ1v) is 5.56.